The highest BCUT2D eigenvalue weighted by Gasteiger charge is 2.17. The maximum absolute atomic E-state index is 4.66. The van der Waals surface area contributed by atoms with Crippen LogP contribution in [0.5, 0.6) is 0 Å². The van der Waals surface area contributed by atoms with Crippen molar-refractivity contribution in [2.24, 2.45) is 4.99 Å². The normalized spacial score (nSPS) is 12.8. The number of nitrogens with one attached hydrogen (secondary N) is 2. The largest absolute Gasteiger partial charge is 0.352 e. The van der Waals surface area contributed by atoms with E-state index in [4.69, 9.17) is 0 Å². The molecule has 0 spiro atoms. The van der Waals surface area contributed by atoms with Crippen LogP contribution in [0.15, 0.2) is 10.4 Å². The first kappa shape index (κ1) is 19.6. The SMILES string of the molecule is CN=C(NCc1nc(C(C)(C)C)cs1)NC(C)(C)C.I. The van der Waals surface area contributed by atoms with E-state index in [2.05, 4.69) is 67.5 Å². The third kappa shape index (κ3) is 6.88. The van der Waals surface area contributed by atoms with Crippen molar-refractivity contribution in [3.8, 4) is 0 Å². The number of aliphatic imine (C=N–C) groups is 1. The molecule has 1 aromatic rings. The molecule has 1 rings (SSSR count). The molecule has 116 valence electrons. The summed E-state index contributed by atoms with van der Waals surface area (Å²) in [4.78, 5) is 8.87. The molecule has 0 unspecified atom stereocenters. The average Bonchev–Trinajstić information content (AvgIpc) is 2.70. The second kappa shape index (κ2) is 7.59. The van der Waals surface area contributed by atoms with Crippen molar-refractivity contribution in [1.82, 2.24) is 15.6 Å². The minimum absolute atomic E-state index is 0. The van der Waals surface area contributed by atoms with Crippen molar-refractivity contribution in [3.05, 3.63) is 16.1 Å². The van der Waals surface area contributed by atoms with E-state index in [1.54, 1.807) is 18.4 Å². The maximum atomic E-state index is 4.66. The zero-order chi connectivity index (χ0) is 14.7. The molecule has 0 radical (unpaired) electrons. The number of hydrogen-bond donors (Lipinski definition) is 2. The molecule has 0 aliphatic heterocycles. The average molecular weight is 410 g/mol. The van der Waals surface area contributed by atoms with E-state index in [9.17, 15) is 0 Å². The van der Waals surface area contributed by atoms with Gasteiger partial charge in [-0.05, 0) is 20.8 Å². The number of hydrogen-bond acceptors (Lipinski definition) is 3. The monoisotopic (exact) mass is 410 g/mol. The van der Waals surface area contributed by atoms with E-state index in [0.29, 0.717) is 6.54 Å². The minimum Gasteiger partial charge on any atom is -0.352 e. The van der Waals surface area contributed by atoms with Crippen LogP contribution in [0.2, 0.25) is 0 Å². The van der Waals surface area contributed by atoms with Crippen molar-refractivity contribution in [2.45, 2.75) is 59.0 Å². The Balaban J connectivity index is 0.00000361. The summed E-state index contributed by atoms with van der Waals surface area (Å²) in [6, 6.07) is 0. The maximum Gasteiger partial charge on any atom is 0.191 e. The van der Waals surface area contributed by atoms with Crippen LogP contribution in [0.25, 0.3) is 0 Å². The zero-order valence-electron chi connectivity index (χ0n) is 13.5. The number of thiazole rings is 1. The van der Waals surface area contributed by atoms with Gasteiger partial charge in [-0.15, -0.1) is 35.3 Å². The minimum atomic E-state index is 0. The van der Waals surface area contributed by atoms with Crippen molar-refractivity contribution in [2.75, 3.05) is 7.05 Å². The van der Waals surface area contributed by atoms with E-state index in [1.165, 1.54) is 0 Å². The lowest BCUT2D eigenvalue weighted by atomic mass is 9.93. The Hall–Kier alpha value is -0.370. The predicted octanol–water partition coefficient (Wildman–Crippen LogP) is 3.52. The molecule has 2 N–H and O–H groups in total. The molecule has 20 heavy (non-hydrogen) atoms. The number of rotatable bonds is 2. The van der Waals surface area contributed by atoms with E-state index in [1.807, 2.05) is 0 Å². The van der Waals surface area contributed by atoms with Gasteiger partial charge >= 0.3 is 0 Å². The number of guanidine groups is 1. The fourth-order valence-electron chi connectivity index (χ4n) is 1.43. The predicted molar refractivity (Wildman–Crippen MR) is 99.3 cm³/mol. The Morgan fingerprint density at radius 2 is 1.85 bits per heavy atom. The Bertz CT molecular complexity index is 441. The first-order chi connectivity index (χ1) is 8.62. The highest BCUT2D eigenvalue weighted by atomic mass is 127. The molecule has 1 heterocycles. The van der Waals surface area contributed by atoms with Gasteiger partial charge in [0, 0.05) is 23.4 Å². The quantitative estimate of drug-likeness (QED) is 0.446. The van der Waals surface area contributed by atoms with E-state index < -0.39 is 0 Å². The summed E-state index contributed by atoms with van der Waals surface area (Å²) in [6.07, 6.45) is 0. The summed E-state index contributed by atoms with van der Waals surface area (Å²) in [5.74, 6) is 0.806. The standard InChI is InChI=1S/C14H26N4S.HI/c1-13(2,3)10-9-19-11(17-10)8-16-12(15-7)18-14(4,5)6;/h9H,8H2,1-7H3,(H2,15,16,18);1H. The summed E-state index contributed by atoms with van der Waals surface area (Å²) in [5, 5.41) is 9.84. The molecule has 0 saturated heterocycles. The molecule has 0 bridgehead atoms. The third-order valence-electron chi connectivity index (χ3n) is 2.44. The van der Waals surface area contributed by atoms with Gasteiger partial charge < -0.3 is 10.6 Å². The van der Waals surface area contributed by atoms with E-state index in [0.717, 1.165) is 16.7 Å². The second-order valence-electron chi connectivity index (χ2n) is 6.68. The lowest BCUT2D eigenvalue weighted by Gasteiger charge is -2.23. The fraction of sp³-hybridized carbons (Fsp3) is 0.714. The smallest absolute Gasteiger partial charge is 0.191 e. The molecule has 6 heteroatoms. The van der Waals surface area contributed by atoms with Crippen molar-refractivity contribution in [1.29, 1.82) is 0 Å². The third-order valence-corrected chi connectivity index (χ3v) is 3.29. The fourth-order valence-corrected chi connectivity index (χ4v) is 2.39. The van der Waals surface area contributed by atoms with Gasteiger partial charge in [-0.1, -0.05) is 20.8 Å². The summed E-state index contributed by atoms with van der Waals surface area (Å²) in [5.41, 5.74) is 1.26. The number of aromatic nitrogens is 1. The van der Waals surface area contributed by atoms with Gasteiger partial charge in [0.1, 0.15) is 5.01 Å². The Kier molecular flexibility index (Phi) is 7.44. The molecule has 0 aromatic carbocycles. The van der Waals surface area contributed by atoms with Gasteiger partial charge in [-0.3, -0.25) is 4.99 Å². The van der Waals surface area contributed by atoms with Gasteiger partial charge in [0.15, 0.2) is 5.96 Å². The summed E-state index contributed by atoms with van der Waals surface area (Å²) < 4.78 is 0. The summed E-state index contributed by atoms with van der Waals surface area (Å²) >= 11 is 1.69. The summed E-state index contributed by atoms with van der Waals surface area (Å²) in [7, 11) is 1.78. The van der Waals surface area contributed by atoms with Gasteiger partial charge in [0.2, 0.25) is 0 Å². The van der Waals surface area contributed by atoms with E-state index in [-0.39, 0.29) is 34.9 Å². The molecule has 4 nitrogen and oxygen atoms in total. The molecule has 1 aromatic heterocycles. The molecular formula is C14H27IN4S. The van der Waals surface area contributed by atoms with Crippen LogP contribution in [0.1, 0.15) is 52.2 Å². The van der Waals surface area contributed by atoms with Crippen LogP contribution in [0.3, 0.4) is 0 Å². The number of halogens is 1. The molecule has 0 aliphatic carbocycles. The van der Waals surface area contributed by atoms with Crippen LogP contribution >= 0.6 is 35.3 Å². The van der Waals surface area contributed by atoms with Crippen LogP contribution in [-0.4, -0.2) is 23.5 Å². The first-order valence-corrected chi connectivity index (χ1v) is 7.43. The molecule has 0 amide bonds. The second-order valence-corrected chi connectivity index (χ2v) is 7.62. The van der Waals surface area contributed by atoms with Crippen molar-refractivity contribution in [3.63, 3.8) is 0 Å². The molecule has 0 atom stereocenters. The molecule has 0 saturated carbocycles. The van der Waals surface area contributed by atoms with Gasteiger partial charge in [-0.25, -0.2) is 4.98 Å². The summed E-state index contributed by atoms with van der Waals surface area (Å²) in [6.45, 7) is 13.6. The Morgan fingerprint density at radius 1 is 1.25 bits per heavy atom. The van der Waals surface area contributed by atoms with Crippen molar-refractivity contribution >= 4 is 41.3 Å². The van der Waals surface area contributed by atoms with Crippen molar-refractivity contribution < 1.29 is 0 Å². The van der Waals surface area contributed by atoms with Gasteiger partial charge in [-0.2, -0.15) is 0 Å². The van der Waals surface area contributed by atoms with Crippen LogP contribution in [0.4, 0.5) is 0 Å². The van der Waals surface area contributed by atoms with Gasteiger partial charge in [0.05, 0.1) is 12.2 Å². The highest BCUT2D eigenvalue weighted by Crippen LogP contribution is 2.23. The first-order valence-electron chi connectivity index (χ1n) is 6.55. The van der Waals surface area contributed by atoms with E-state index >= 15 is 0 Å². The van der Waals surface area contributed by atoms with Crippen LogP contribution in [-0.2, 0) is 12.0 Å². The molecule has 0 aliphatic rings. The van der Waals surface area contributed by atoms with Crippen LogP contribution < -0.4 is 10.6 Å². The van der Waals surface area contributed by atoms with Gasteiger partial charge in [0.25, 0.3) is 0 Å². The Labute approximate surface area is 143 Å². The Morgan fingerprint density at radius 3 is 2.25 bits per heavy atom. The zero-order valence-corrected chi connectivity index (χ0v) is 16.6. The van der Waals surface area contributed by atoms with Crippen LogP contribution in [0, 0.1) is 0 Å². The lowest BCUT2D eigenvalue weighted by molar-refractivity contribution is 0.501. The lowest BCUT2D eigenvalue weighted by Crippen LogP contribution is -2.47. The molecular weight excluding hydrogens is 383 g/mol. The highest BCUT2D eigenvalue weighted by molar-refractivity contribution is 14.0. The number of nitrogens with zero attached hydrogens (tertiary/aromatic N) is 2. The topological polar surface area (TPSA) is 49.3 Å². The molecule has 0 fully saturated rings.